The van der Waals surface area contributed by atoms with Gasteiger partial charge in [-0.1, -0.05) is 103 Å². The van der Waals surface area contributed by atoms with E-state index in [1.807, 2.05) is 6.07 Å². The van der Waals surface area contributed by atoms with Gasteiger partial charge in [-0.05, 0) is 53.1 Å². The Balaban J connectivity index is 1.32. The SMILES string of the molecule is CN1C=C(c2ccccc2)N(c2cccc(N3c4ccccc4-c4ccccc4-c4ccc5c(oc6ccccc65)c43)c2)C1. The van der Waals surface area contributed by atoms with Crippen LogP contribution in [-0.2, 0) is 0 Å². The number of rotatable bonds is 3. The minimum absolute atomic E-state index is 0.778. The lowest BCUT2D eigenvalue weighted by molar-refractivity contribution is 0.496. The molecule has 0 spiro atoms. The lowest BCUT2D eigenvalue weighted by atomic mass is 9.94. The molecule has 0 amide bonds. The fourth-order valence-electron chi connectivity index (χ4n) is 6.93. The molecule has 210 valence electrons. The number of nitrogens with zero attached hydrogens (tertiary/aromatic N) is 3. The van der Waals surface area contributed by atoms with E-state index in [2.05, 4.69) is 161 Å². The van der Waals surface area contributed by atoms with Gasteiger partial charge in [0.15, 0.2) is 5.58 Å². The van der Waals surface area contributed by atoms with Gasteiger partial charge in [-0.2, -0.15) is 0 Å². The summed E-state index contributed by atoms with van der Waals surface area (Å²) in [6.45, 7) is 0.778. The zero-order valence-electron chi connectivity index (χ0n) is 24.3. The maximum Gasteiger partial charge on any atom is 0.160 e. The Kier molecular flexibility index (Phi) is 5.44. The van der Waals surface area contributed by atoms with Crippen LogP contribution in [0.3, 0.4) is 0 Å². The topological polar surface area (TPSA) is 22.9 Å². The Morgan fingerprint density at radius 1 is 0.568 bits per heavy atom. The van der Waals surface area contributed by atoms with Crippen LogP contribution in [0.2, 0.25) is 0 Å². The van der Waals surface area contributed by atoms with Gasteiger partial charge >= 0.3 is 0 Å². The fraction of sp³-hybridized carbons (Fsp3) is 0.0500. The number of furan rings is 1. The summed E-state index contributed by atoms with van der Waals surface area (Å²) in [7, 11) is 2.13. The van der Waals surface area contributed by atoms with Crippen molar-refractivity contribution in [1.29, 1.82) is 0 Å². The second-order valence-corrected chi connectivity index (χ2v) is 11.6. The van der Waals surface area contributed by atoms with Crippen molar-refractivity contribution in [3.05, 3.63) is 151 Å². The van der Waals surface area contributed by atoms with Crippen LogP contribution in [-0.4, -0.2) is 18.6 Å². The Labute approximate surface area is 256 Å². The number of hydrogen-bond donors (Lipinski definition) is 0. The third kappa shape index (κ3) is 3.71. The van der Waals surface area contributed by atoms with Crippen molar-refractivity contribution >= 4 is 50.4 Å². The molecular formula is C40H29N3O. The molecule has 9 rings (SSSR count). The number of benzene rings is 6. The molecule has 3 heterocycles. The Morgan fingerprint density at radius 3 is 2.14 bits per heavy atom. The van der Waals surface area contributed by atoms with Gasteiger partial charge in [0.05, 0.1) is 23.7 Å². The van der Waals surface area contributed by atoms with Crippen molar-refractivity contribution in [3.63, 3.8) is 0 Å². The van der Waals surface area contributed by atoms with E-state index >= 15 is 0 Å². The summed E-state index contributed by atoms with van der Waals surface area (Å²) >= 11 is 0. The van der Waals surface area contributed by atoms with E-state index < -0.39 is 0 Å². The van der Waals surface area contributed by atoms with Crippen molar-refractivity contribution in [2.24, 2.45) is 0 Å². The van der Waals surface area contributed by atoms with Gasteiger partial charge in [-0.3, -0.25) is 0 Å². The molecule has 4 nitrogen and oxygen atoms in total. The first-order valence-corrected chi connectivity index (χ1v) is 15.0. The summed E-state index contributed by atoms with van der Waals surface area (Å²) in [6.07, 6.45) is 2.23. The van der Waals surface area contributed by atoms with Gasteiger partial charge in [0.25, 0.3) is 0 Å². The first kappa shape index (κ1) is 24.8. The van der Waals surface area contributed by atoms with Crippen molar-refractivity contribution in [2.75, 3.05) is 23.5 Å². The van der Waals surface area contributed by atoms with E-state index in [9.17, 15) is 0 Å². The second kappa shape index (κ2) is 9.65. The number of para-hydroxylation sites is 2. The van der Waals surface area contributed by atoms with Crippen molar-refractivity contribution in [1.82, 2.24) is 4.90 Å². The monoisotopic (exact) mass is 567 g/mol. The van der Waals surface area contributed by atoms with E-state index in [1.165, 1.54) is 28.0 Å². The highest BCUT2D eigenvalue weighted by Crippen LogP contribution is 2.54. The molecule has 0 N–H and O–H groups in total. The van der Waals surface area contributed by atoms with Gasteiger partial charge in [-0.25, -0.2) is 0 Å². The highest BCUT2D eigenvalue weighted by molar-refractivity contribution is 6.16. The third-order valence-electron chi connectivity index (χ3n) is 8.86. The van der Waals surface area contributed by atoms with Crippen LogP contribution in [0.5, 0.6) is 0 Å². The number of anilines is 4. The number of hydrogen-bond acceptors (Lipinski definition) is 4. The van der Waals surface area contributed by atoms with Crippen molar-refractivity contribution in [3.8, 4) is 22.3 Å². The van der Waals surface area contributed by atoms with Crippen LogP contribution < -0.4 is 9.80 Å². The first-order valence-electron chi connectivity index (χ1n) is 15.0. The first-order chi connectivity index (χ1) is 21.7. The van der Waals surface area contributed by atoms with Crippen LogP contribution in [0.1, 0.15) is 5.56 Å². The molecule has 2 aliphatic rings. The summed E-state index contributed by atoms with van der Waals surface area (Å²) in [5.74, 6) is 0. The quantitative estimate of drug-likeness (QED) is 0.212. The summed E-state index contributed by atoms with van der Waals surface area (Å²) in [4.78, 5) is 7.03. The molecule has 1 aromatic heterocycles. The molecule has 0 saturated carbocycles. The zero-order chi connectivity index (χ0) is 29.2. The summed E-state index contributed by atoms with van der Waals surface area (Å²) < 4.78 is 6.74. The smallest absolute Gasteiger partial charge is 0.160 e. The molecule has 0 aliphatic carbocycles. The molecule has 6 aromatic carbocycles. The lowest BCUT2D eigenvalue weighted by Gasteiger charge is -2.29. The minimum atomic E-state index is 0.778. The van der Waals surface area contributed by atoms with Gasteiger partial charge in [0.2, 0.25) is 0 Å². The molecule has 0 atom stereocenters. The minimum Gasteiger partial charge on any atom is -0.454 e. The van der Waals surface area contributed by atoms with E-state index in [-0.39, 0.29) is 0 Å². The normalized spacial score (nSPS) is 13.9. The maximum absolute atomic E-state index is 6.74. The van der Waals surface area contributed by atoms with Gasteiger partial charge in [0, 0.05) is 46.5 Å². The second-order valence-electron chi connectivity index (χ2n) is 11.6. The predicted octanol–water partition coefficient (Wildman–Crippen LogP) is 10.4. The van der Waals surface area contributed by atoms with Crippen molar-refractivity contribution in [2.45, 2.75) is 0 Å². The summed E-state index contributed by atoms with van der Waals surface area (Å²) in [5, 5.41) is 2.25. The lowest BCUT2D eigenvalue weighted by Crippen LogP contribution is -2.24. The molecular weight excluding hydrogens is 538 g/mol. The van der Waals surface area contributed by atoms with E-state index in [4.69, 9.17) is 4.42 Å². The van der Waals surface area contributed by atoms with Crippen LogP contribution in [0.25, 0.3) is 49.9 Å². The van der Waals surface area contributed by atoms with Crippen LogP contribution in [0.15, 0.2) is 150 Å². The van der Waals surface area contributed by atoms with Crippen molar-refractivity contribution < 1.29 is 4.42 Å². The third-order valence-corrected chi connectivity index (χ3v) is 8.86. The van der Waals surface area contributed by atoms with Crippen LogP contribution in [0, 0.1) is 0 Å². The molecule has 0 unspecified atom stereocenters. The highest BCUT2D eigenvalue weighted by Gasteiger charge is 2.30. The summed E-state index contributed by atoms with van der Waals surface area (Å²) in [6, 6.07) is 49.8. The largest absolute Gasteiger partial charge is 0.454 e. The Morgan fingerprint density at radius 2 is 1.27 bits per heavy atom. The van der Waals surface area contributed by atoms with E-state index in [0.29, 0.717) is 0 Å². The molecule has 0 radical (unpaired) electrons. The van der Waals surface area contributed by atoms with Crippen LogP contribution in [0.4, 0.5) is 22.7 Å². The molecule has 0 bridgehead atoms. The number of fused-ring (bicyclic) bond motifs is 9. The van der Waals surface area contributed by atoms with E-state index in [0.717, 1.165) is 56.9 Å². The van der Waals surface area contributed by atoms with Gasteiger partial charge < -0.3 is 19.1 Å². The highest BCUT2D eigenvalue weighted by atomic mass is 16.3. The average Bonchev–Trinajstić information content (AvgIpc) is 3.63. The predicted molar refractivity (Wildman–Crippen MR) is 182 cm³/mol. The standard InChI is InChI=1S/C40H29N3O/c1-41-25-37(27-12-3-2-4-13-27)42(26-41)28-14-11-15-29(24-28)43-36-20-9-7-18-32(36)30-16-5-6-17-31(30)34-22-23-35-33-19-8-10-21-38(33)44-40(35)39(34)43/h2-25H,26H2,1H3. The molecule has 44 heavy (non-hydrogen) atoms. The zero-order valence-corrected chi connectivity index (χ0v) is 24.3. The fourth-order valence-corrected chi connectivity index (χ4v) is 6.93. The summed E-state index contributed by atoms with van der Waals surface area (Å²) in [5.41, 5.74) is 13.4. The maximum atomic E-state index is 6.74. The van der Waals surface area contributed by atoms with E-state index in [1.54, 1.807) is 0 Å². The van der Waals surface area contributed by atoms with Crippen LogP contribution >= 0.6 is 0 Å². The average molecular weight is 568 g/mol. The van der Waals surface area contributed by atoms with Gasteiger partial charge in [-0.15, -0.1) is 0 Å². The molecule has 4 heteroatoms. The molecule has 0 fully saturated rings. The Hall–Kier alpha value is -5.74. The van der Waals surface area contributed by atoms with Gasteiger partial charge in [0.1, 0.15) is 5.58 Å². The molecule has 2 aliphatic heterocycles. The Bertz CT molecular complexity index is 2250. The molecule has 0 saturated heterocycles. The molecule has 7 aromatic rings.